The van der Waals surface area contributed by atoms with Crippen LogP contribution in [0.1, 0.15) is 38.2 Å². The van der Waals surface area contributed by atoms with E-state index in [0.717, 1.165) is 36.6 Å². The van der Waals surface area contributed by atoms with Crippen LogP contribution in [0.15, 0.2) is 23.1 Å². The van der Waals surface area contributed by atoms with Crippen LogP contribution < -0.4 is 4.72 Å². The number of hydrogen-bond acceptors (Lipinski definition) is 3. The maximum absolute atomic E-state index is 12.5. The van der Waals surface area contributed by atoms with Gasteiger partial charge in [-0.3, -0.25) is 0 Å². The third kappa shape index (κ3) is 4.57. The Labute approximate surface area is 147 Å². The number of pyridine rings is 1. The van der Waals surface area contributed by atoms with Crippen molar-refractivity contribution < 1.29 is 8.42 Å². The summed E-state index contributed by atoms with van der Waals surface area (Å²) in [5.41, 5.74) is 1.44. The zero-order chi connectivity index (χ0) is 17.0. The molecule has 1 aromatic carbocycles. The lowest BCUT2D eigenvalue weighted by Crippen LogP contribution is -2.25. The van der Waals surface area contributed by atoms with Crippen molar-refractivity contribution in [2.75, 3.05) is 6.54 Å². The van der Waals surface area contributed by atoms with Gasteiger partial charge in [0.15, 0.2) is 0 Å². The third-order valence-corrected chi connectivity index (χ3v) is 5.77. The molecular weight excluding hydrogens is 355 g/mol. The molecule has 0 saturated carbocycles. The number of rotatable bonds is 7. The average molecular weight is 375 g/mol. The molecule has 0 radical (unpaired) electrons. The van der Waals surface area contributed by atoms with Gasteiger partial charge in [0, 0.05) is 11.9 Å². The van der Waals surface area contributed by atoms with Crippen LogP contribution in [0.3, 0.4) is 0 Å². The van der Waals surface area contributed by atoms with Gasteiger partial charge in [-0.25, -0.2) is 18.1 Å². The highest BCUT2D eigenvalue weighted by atomic mass is 35.5. The minimum atomic E-state index is -3.64. The first-order valence-corrected chi connectivity index (χ1v) is 9.85. The Hall–Kier alpha value is -0.880. The van der Waals surface area contributed by atoms with E-state index in [0.29, 0.717) is 17.2 Å². The first kappa shape index (κ1) is 18.5. The van der Waals surface area contributed by atoms with Gasteiger partial charge < -0.3 is 0 Å². The monoisotopic (exact) mass is 374 g/mol. The second-order valence-electron chi connectivity index (χ2n) is 5.52. The number of benzene rings is 1. The molecule has 0 aliphatic heterocycles. The molecule has 1 aromatic heterocycles. The number of aromatic nitrogens is 1. The topological polar surface area (TPSA) is 59.1 Å². The first-order valence-electron chi connectivity index (χ1n) is 7.61. The van der Waals surface area contributed by atoms with Crippen LogP contribution in [0.4, 0.5) is 0 Å². The molecule has 0 bridgehead atoms. The van der Waals surface area contributed by atoms with Crippen LogP contribution >= 0.6 is 23.2 Å². The fourth-order valence-electron chi connectivity index (χ4n) is 2.40. The van der Waals surface area contributed by atoms with Crippen LogP contribution in [0.5, 0.6) is 0 Å². The number of nitrogens with zero attached hydrogens (tertiary/aromatic N) is 1. The van der Waals surface area contributed by atoms with Crippen molar-refractivity contribution in [2.24, 2.45) is 0 Å². The fourth-order valence-corrected chi connectivity index (χ4v) is 4.27. The predicted molar refractivity (Wildman–Crippen MR) is 95.8 cm³/mol. The van der Waals surface area contributed by atoms with Gasteiger partial charge in [0.2, 0.25) is 10.0 Å². The van der Waals surface area contributed by atoms with Crippen molar-refractivity contribution >= 4 is 44.1 Å². The third-order valence-electron chi connectivity index (χ3n) is 3.65. The Bertz CT molecular complexity index is 807. The second-order valence-corrected chi connectivity index (χ2v) is 8.05. The van der Waals surface area contributed by atoms with E-state index in [-0.39, 0.29) is 9.92 Å². The van der Waals surface area contributed by atoms with Gasteiger partial charge in [-0.2, -0.15) is 0 Å². The molecule has 0 atom stereocenters. The summed E-state index contributed by atoms with van der Waals surface area (Å²) in [4.78, 5) is 4.26. The fraction of sp³-hybridized carbons (Fsp3) is 0.438. The maximum atomic E-state index is 12.5. The van der Waals surface area contributed by atoms with Crippen molar-refractivity contribution in [1.29, 1.82) is 0 Å². The highest BCUT2D eigenvalue weighted by molar-refractivity contribution is 7.89. The van der Waals surface area contributed by atoms with E-state index in [1.165, 1.54) is 0 Å². The molecule has 7 heteroatoms. The summed E-state index contributed by atoms with van der Waals surface area (Å²) in [5.74, 6) is 0. The lowest BCUT2D eigenvalue weighted by molar-refractivity contribution is 0.574. The zero-order valence-electron chi connectivity index (χ0n) is 13.2. The Morgan fingerprint density at radius 1 is 1.13 bits per heavy atom. The van der Waals surface area contributed by atoms with Crippen LogP contribution in [-0.2, 0) is 10.0 Å². The summed E-state index contributed by atoms with van der Waals surface area (Å²) in [7, 11) is -3.64. The van der Waals surface area contributed by atoms with Gasteiger partial charge in [0.25, 0.3) is 0 Å². The lowest BCUT2D eigenvalue weighted by atomic mass is 10.1. The summed E-state index contributed by atoms with van der Waals surface area (Å²) in [5, 5.41) is 1.23. The van der Waals surface area contributed by atoms with Gasteiger partial charge in [-0.05, 0) is 37.1 Å². The summed E-state index contributed by atoms with van der Waals surface area (Å²) in [6, 6.07) is 4.80. The van der Waals surface area contributed by atoms with Gasteiger partial charge in [0.05, 0.1) is 10.5 Å². The molecule has 0 fully saturated rings. The Morgan fingerprint density at radius 2 is 1.87 bits per heavy atom. The van der Waals surface area contributed by atoms with Crippen molar-refractivity contribution in [3.8, 4) is 0 Å². The van der Waals surface area contributed by atoms with Crippen molar-refractivity contribution in [3.63, 3.8) is 0 Å². The Morgan fingerprint density at radius 3 is 2.57 bits per heavy atom. The van der Waals surface area contributed by atoms with E-state index in [1.807, 2.05) is 6.92 Å². The summed E-state index contributed by atoms with van der Waals surface area (Å²) < 4.78 is 27.5. The standard InChI is InChI=1S/C16H20Cl2N2O2S/c1-3-4-5-6-7-19-23(21,22)15-9-12-11(2)8-16(18)20-14(12)10-13(15)17/h8-10,19H,3-7H2,1-2H3. The van der Waals surface area contributed by atoms with Crippen molar-refractivity contribution in [2.45, 2.75) is 44.4 Å². The SMILES string of the molecule is CCCCCCNS(=O)(=O)c1cc2c(C)cc(Cl)nc2cc1Cl. The second kappa shape index (κ2) is 7.79. The van der Waals surface area contributed by atoms with E-state index >= 15 is 0 Å². The number of halogens is 2. The molecule has 0 saturated heterocycles. The van der Waals surface area contributed by atoms with Crippen LogP contribution in [0.2, 0.25) is 10.2 Å². The van der Waals surface area contributed by atoms with Crippen molar-refractivity contribution in [1.82, 2.24) is 9.71 Å². The molecule has 0 amide bonds. The molecule has 0 spiro atoms. The number of nitrogens with one attached hydrogen (secondary N) is 1. The van der Waals surface area contributed by atoms with E-state index in [1.54, 1.807) is 18.2 Å². The number of aryl methyl sites for hydroxylation is 1. The molecule has 1 N–H and O–H groups in total. The van der Waals surface area contributed by atoms with E-state index in [4.69, 9.17) is 23.2 Å². The van der Waals surface area contributed by atoms with Gasteiger partial charge in [-0.1, -0.05) is 49.4 Å². The predicted octanol–water partition coefficient (Wildman–Crippen LogP) is 4.71. The smallest absolute Gasteiger partial charge is 0.236 e. The van der Waals surface area contributed by atoms with Gasteiger partial charge >= 0.3 is 0 Å². The summed E-state index contributed by atoms with van der Waals surface area (Å²) >= 11 is 12.1. The quantitative estimate of drug-likeness (QED) is 0.563. The molecule has 1 heterocycles. The molecule has 2 aromatic rings. The molecule has 2 rings (SSSR count). The van der Waals surface area contributed by atoms with E-state index in [9.17, 15) is 8.42 Å². The normalized spacial score (nSPS) is 12.0. The van der Waals surface area contributed by atoms with Crippen LogP contribution in [-0.4, -0.2) is 19.9 Å². The highest BCUT2D eigenvalue weighted by Gasteiger charge is 2.19. The molecule has 0 unspecified atom stereocenters. The molecule has 4 nitrogen and oxygen atoms in total. The number of fused-ring (bicyclic) bond motifs is 1. The molecular formula is C16H20Cl2N2O2S. The average Bonchev–Trinajstić information content (AvgIpc) is 2.45. The maximum Gasteiger partial charge on any atom is 0.242 e. The van der Waals surface area contributed by atoms with Gasteiger partial charge in [-0.15, -0.1) is 0 Å². The number of hydrogen-bond donors (Lipinski definition) is 1. The lowest BCUT2D eigenvalue weighted by Gasteiger charge is -2.11. The first-order chi connectivity index (χ1) is 10.8. The van der Waals surface area contributed by atoms with Crippen LogP contribution in [0, 0.1) is 6.92 Å². The van der Waals surface area contributed by atoms with Crippen LogP contribution in [0.25, 0.3) is 10.9 Å². The molecule has 0 aliphatic carbocycles. The van der Waals surface area contributed by atoms with Crippen molar-refractivity contribution in [3.05, 3.63) is 33.9 Å². The zero-order valence-corrected chi connectivity index (χ0v) is 15.5. The Balaban J connectivity index is 2.29. The largest absolute Gasteiger partial charge is 0.242 e. The Kier molecular flexibility index (Phi) is 6.26. The molecule has 0 aliphatic rings. The van der Waals surface area contributed by atoms with Gasteiger partial charge in [0.1, 0.15) is 10.0 Å². The van der Waals surface area contributed by atoms with E-state index < -0.39 is 10.0 Å². The highest BCUT2D eigenvalue weighted by Crippen LogP contribution is 2.29. The van der Waals surface area contributed by atoms with E-state index in [2.05, 4.69) is 16.6 Å². The summed E-state index contributed by atoms with van der Waals surface area (Å²) in [6.45, 7) is 4.38. The molecule has 23 heavy (non-hydrogen) atoms. The molecule has 126 valence electrons. The minimum absolute atomic E-state index is 0.0781. The summed E-state index contributed by atoms with van der Waals surface area (Å²) in [6.07, 6.45) is 4.03. The number of unbranched alkanes of at least 4 members (excludes halogenated alkanes) is 3. The number of sulfonamides is 1. The minimum Gasteiger partial charge on any atom is -0.236 e.